The molecule has 0 unspecified atom stereocenters. The summed E-state index contributed by atoms with van der Waals surface area (Å²) in [6, 6.07) is 18.2. The molecule has 3 aromatic rings. The van der Waals surface area contributed by atoms with E-state index in [0.717, 1.165) is 10.0 Å². The Morgan fingerprint density at radius 3 is 2.68 bits per heavy atom. The number of rotatable bonds is 7. The Kier molecular flexibility index (Phi) is 6.78. The molecule has 28 heavy (non-hydrogen) atoms. The van der Waals surface area contributed by atoms with E-state index >= 15 is 0 Å². The third kappa shape index (κ3) is 5.40. The molecule has 8 heteroatoms. The molecule has 2 aromatic carbocycles. The van der Waals surface area contributed by atoms with E-state index in [1.54, 1.807) is 31.3 Å². The van der Waals surface area contributed by atoms with Crippen LogP contribution in [-0.4, -0.2) is 15.6 Å². The van der Waals surface area contributed by atoms with Crippen LogP contribution in [0.1, 0.15) is 18.1 Å². The Balaban J connectivity index is 1.74. The molecule has 0 atom stereocenters. The lowest BCUT2D eigenvalue weighted by atomic mass is 10.1. The van der Waals surface area contributed by atoms with Gasteiger partial charge in [-0.05, 0) is 42.8 Å². The van der Waals surface area contributed by atoms with Gasteiger partial charge in [-0.15, -0.1) is 0 Å². The summed E-state index contributed by atoms with van der Waals surface area (Å²) in [5.74, 6) is 0. The summed E-state index contributed by atoms with van der Waals surface area (Å²) in [7, 11) is 0. The number of pyridine rings is 1. The maximum absolute atomic E-state index is 11.5. The van der Waals surface area contributed by atoms with Gasteiger partial charge in [-0.25, -0.2) is 4.98 Å². The molecule has 0 aliphatic carbocycles. The van der Waals surface area contributed by atoms with E-state index in [2.05, 4.69) is 26.1 Å². The Hall–Kier alpha value is -2.71. The third-order valence-corrected chi connectivity index (χ3v) is 5.32. The molecule has 6 nitrogen and oxygen atoms in total. The maximum atomic E-state index is 11.5. The van der Waals surface area contributed by atoms with Crippen LogP contribution in [0.5, 0.6) is 0 Å². The fourth-order valence-electron chi connectivity index (χ4n) is 2.33. The number of nitrogens with zero attached hydrogens (tertiary/aromatic N) is 3. The number of oxime groups is 1. The summed E-state index contributed by atoms with van der Waals surface area (Å²) >= 11 is 4.63. The summed E-state index contributed by atoms with van der Waals surface area (Å²) in [6.45, 7) is 2.08. The minimum absolute atomic E-state index is 0.00983. The van der Waals surface area contributed by atoms with E-state index in [0.29, 0.717) is 27.8 Å². The van der Waals surface area contributed by atoms with Crippen molar-refractivity contribution in [2.45, 2.75) is 23.5 Å². The smallest absolute Gasteiger partial charge is 0.283 e. The van der Waals surface area contributed by atoms with E-state index in [1.165, 1.54) is 17.8 Å². The number of benzene rings is 2. The highest BCUT2D eigenvalue weighted by Gasteiger charge is 2.17. The quantitative estimate of drug-likeness (QED) is 0.252. The van der Waals surface area contributed by atoms with Crippen LogP contribution >= 0.6 is 27.7 Å². The van der Waals surface area contributed by atoms with Crippen molar-refractivity contribution >= 4 is 39.1 Å². The van der Waals surface area contributed by atoms with Crippen molar-refractivity contribution in [2.24, 2.45) is 5.16 Å². The molecule has 0 radical (unpaired) electrons. The van der Waals surface area contributed by atoms with E-state index in [9.17, 15) is 10.1 Å². The molecular weight excluding hydrogens is 442 g/mol. The molecule has 0 aliphatic rings. The van der Waals surface area contributed by atoms with Crippen LogP contribution in [0.15, 0.2) is 86.4 Å². The number of hydrogen-bond donors (Lipinski definition) is 0. The first-order chi connectivity index (χ1) is 13.5. The Morgan fingerprint density at radius 2 is 2.00 bits per heavy atom. The molecule has 0 saturated heterocycles. The maximum Gasteiger partial charge on any atom is 0.283 e. The summed E-state index contributed by atoms with van der Waals surface area (Å²) in [4.78, 5) is 21.2. The van der Waals surface area contributed by atoms with E-state index < -0.39 is 4.92 Å². The Bertz CT molecular complexity index is 995. The van der Waals surface area contributed by atoms with E-state index in [1.807, 2.05) is 36.4 Å². The fraction of sp³-hybridized carbons (Fsp3) is 0.100. The van der Waals surface area contributed by atoms with Crippen molar-refractivity contribution in [1.29, 1.82) is 0 Å². The van der Waals surface area contributed by atoms with Crippen LogP contribution in [0.25, 0.3) is 0 Å². The number of halogens is 1. The average Bonchev–Trinajstić information content (AvgIpc) is 2.70. The zero-order chi connectivity index (χ0) is 19.9. The van der Waals surface area contributed by atoms with Crippen LogP contribution < -0.4 is 0 Å². The molecule has 0 spiro atoms. The first kappa shape index (κ1) is 20.0. The van der Waals surface area contributed by atoms with Crippen molar-refractivity contribution in [3.63, 3.8) is 0 Å². The molecular formula is C20H16BrN3O3S. The van der Waals surface area contributed by atoms with Gasteiger partial charge in [0.05, 0.1) is 15.5 Å². The molecule has 0 bridgehead atoms. The molecule has 0 aliphatic heterocycles. The van der Waals surface area contributed by atoms with E-state index in [4.69, 9.17) is 4.84 Å². The lowest BCUT2D eigenvalue weighted by Crippen LogP contribution is -2.00. The minimum Gasteiger partial charge on any atom is -0.391 e. The zero-order valence-electron chi connectivity index (χ0n) is 14.9. The Labute approximate surface area is 174 Å². The molecule has 0 saturated carbocycles. The zero-order valence-corrected chi connectivity index (χ0v) is 17.3. The van der Waals surface area contributed by atoms with Gasteiger partial charge in [0.15, 0.2) is 0 Å². The van der Waals surface area contributed by atoms with Gasteiger partial charge in [-0.1, -0.05) is 57.1 Å². The van der Waals surface area contributed by atoms with Crippen molar-refractivity contribution in [3.05, 3.63) is 92.6 Å². The first-order valence-corrected chi connectivity index (χ1v) is 9.92. The molecule has 0 N–H and O–H groups in total. The molecule has 1 aromatic heterocycles. The average molecular weight is 458 g/mol. The second-order valence-corrected chi connectivity index (χ2v) is 7.76. The normalized spacial score (nSPS) is 11.3. The van der Waals surface area contributed by atoms with Crippen molar-refractivity contribution < 1.29 is 9.76 Å². The molecule has 3 rings (SSSR count). The van der Waals surface area contributed by atoms with Gasteiger partial charge in [0.2, 0.25) is 0 Å². The van der Waals surface area contributed by atoms with Gasteiger partial charge in [0.1, 0.15) is 11.6 Å². The Morgan fingerprint density at radius 1 is 1.21 bits per heavy atom. The van der Waals surface area contributed by atoms with Gasteiger partial charge < -0.3 is 4.84 Å². The van der Waals surface area contributed by atoms with Crippen LogP contribution in [0.2, 0.25) is 0 Å². The fourth-order valence-corrected chi connectivity index (χ4v) is 3.45. The third-order valence-electron chi connectivity index (χ3n) is 3.77. The standard InChI is InChI=1S/C20H16BrN3O3S/c1-14(23-27-13-15-5-8-17(21)9-6-15)16-7-10-19(18(12-16)24(25)26)28-20-4-2-3-11-22-20/h2-12H,13H2,1H3. The van der Waals surface area contributed by atoms with E-state index in [-0.39, 0.29) is 5.69 Å². The summed E-state index contributed by atoms with van der Waals surface area (Å²) in [5.41, 5.74) is 2.19. The highest BCUT2D eigenvalue weighted by Crippen LogP contribution is 2.34. The molecule has 142 valence electrons. The number of aromatic nitrogens is 1. The predicted molar refractivity (Wildman–Crippen MR) is 113 cm³/mol. The second kappa shape index (κ2) is 9.48. The summed E-state index contributed by atoms with van der Waals surface area (Å²) in [6.07, 6.45) is 1.65. The number of nitro benzene ring substituents is 1. The van der Waals surface area contributed by atoms with Crippen molar-refractivity contribution in [3.8, 4) is 0 Å². The van der Waals surface area contributed by atoms with Crippen LogP contribution in [0, 0.1) is 10.1 Å². The molecule has 0 amide bonds. The molecule has 1 heterocycles. The van der Waals surface area contributed by atoms with Crippen LogP contribution in [0.3, 0.4) is 0 Å². The van der Waals surface area contributed by atoms with Gasteiger partial charge in [0.25, 0.3) is 5.69 Å². The van der Waals surface area contributed by atoms with Gasteiger partial charge >= 0.3 is 0 Å². The van der Waals surface area contributed by atoms with Crippen molar-refractivity contribution in [1.82, 2.24) is 4.98 Å². The monoisotopic (exact) mass is 457 g/mol. The minimum atomic E-state index is -0.398. The topological polar surface area (TPSA) is 77.6 Å². The van der Waals surface area contributed by atoms with Gasteiger partial charge in [-0.2, -0.15) is 0 Å². The second-order valence-electron chi connectivity index (χ2n) is 5.79. The summed E-state index contributed by atoms with van der Waals surface area (Å²) < 4.78 is 0.993. The number of nitro groups is 1. The van der Waals surface area contributed by atoms with Crippen LogP contribution in [-0.2, 0) is 11.4 Å². The SMILES string of the molecule is CC(=NOCc1ccc(Br)cc1)c1ccc(Sc2ccccn2)c([N+](=O)[O-])c1. The van der Waals surface area contributed by atoms with Crippen LogP contribution in [0.4, 0.5) is 5.69 Å². The predicted octanol–water partition coefficient (Wildman–Crippen LogP) is 5.84. The highest BCUT2D eigenvalue weighted by molar-refractivity contribution is 9.10. The van der Waals surface area contributed by atoms with Gasteiger partial charge in [-0.3, -0.25) is 10.1 Å². The lowest BCUT2D eigenvalue weighted by molar-refractivity contribution is -0.387. The lowest BCUT2D eigenvalue weighted by Gasteiger charge is -2.06. The largest absolute Gasteiger partial charge is 0.391 e. The highest BCUT2D eigenvalue weighted by atomic mass is 79.9. The van der Waals surface area contributed by atoms with Crippen molar-refractivity contribution in [2.75, 3.05) is 0 Å². The first-order valence-electron chi connectivity index (χ1n) is 8.31. The summed E-state index contributed by atoms with van der Waals surface area (Å²) in [5, 5.41) is 16.3. The molecule has 0 fully saturated rings. The number of hydrogen-bond acceptors (Lipinski definition) is 6. The van der Waals surface area contributed by atoms with Gasteiger partial charge in [0, 0.05) is 22.3 Å².